The Labute approximate surface area is 592 Å². The van der Waals surface area contributed by atoms with Crippen LogP contribution in [0.3, 0.4) is 0 Å². The van der Waals surface area contributed by atoms with Crippen LogP contribution in [0.25, 0.3) is 10.8 Å². The summed E-state index contributed by atoms with van der Waals surface area (Å²) in [6, 6.07) is 11.6. The van der Waals surface area contributed by atoms with Crippen molar-refractivity contribution in [1.82, 2.24) is 42.1 Å². The molecule has 6 aliphatic heterocycles. The third kappa shape index (κ3) is 17.2. The van der Waals surface area contributed by atoms with E-state index in [0.29, 0.717) is 16.9 Å². The fourth-order valence-electron chi connectivity index (χ4n) is 13.2. The molecule has 4 fully saturated rings. The number of methoxy groups -OCH3 is 1. The number of benzene rings is 4. The monoisotopic (exact) mass is 1460 g/mol. The summed E-state index contributed by atoms with van der Waals surface area (Å²) in [4.78, 5) is 96.8. The van der Waals surface area contributed by atoms with E-state index in [2.05, 4.69) is 47.2 Å². The normalized spacial score (nSPS) is 34.3. The van der Waals surface area contributed by atoms with Gasteiger partial charge in [-0.05, 0) is 40.3 Å². The molecule has 568 valence electrons. The van der Waals surface area contributed by atoms with Gasteiger partial charge < -0.3 is 153 Å². The smallest absolute Gasteiger partial charge is 0.246 e. The van der Waals surface area contributed by atoms with Crippen LogP contribution in [-0.4, -0.2) is 318 Å². The molecule has 0 radical (unpaired) electrons. The zero-order chi connectivity index (χ0) is 75.0. The van der Waals surface area contributed by atoms with Crippen molar-refractivity contribution in [3.63, 3.8) is 0 Å². The fourth-order valence-corrected chi connectivity index (χ4v) is 13.2. The SMILES string of the molecule is COc1ccc(CO[C@@H]2[C@@H](O[C@H]3[C@H](O)[C@H](O)[C@@H](Oc4ccc(C[C@H]5NC(=O)[C@H](C(C)c6ccccc6)NC(=O)CNC(=O)[C@H](CO)NC(=O)[C@@H](C(O)C6CN=C(N)N6[C@H]6O[C@H](CO)[C@@H](O)[C@H](O)[C@@H]6O)NC(=O)[C@H](C(O)C6CN=C(N)N6)NC5=O)cc4)O[C@@H]3CO)O[C@H](CO)[C@@H](O)[C@@H]2O)c2ccccc12. The lowest BCUT2D eigenvalue weighted by molar-refractivity contribution is -0.357. The van der Waals surface area contributed by atoms with Gasteiger partial charge in [-0.2, -0.15) is 0 Å². The van der Waals surface area contributed by atoms with E-state index < -0.39 is 240 Å². The number of ether oxygens (including phenoxy) is 7. The molecule has 0 saturated carbocycles. The Morgan fingerprint density at radius 2 is 1.17 bits per heavy atom. The topological polar surface area (TPSA) is 594 Å². The molecule has 0 aliphatic carbocycles. The van der Waals surface area contributed by atoms with Crippen molar-refractivity contribution in [2.24, 2.45) is 21.5 Å². The first-order valence-corrected chi connectivity index (χ1v) is 33.4. The van der Waals surface area contributed by atoms with E-state index in [9.17, 15) is 85.6 Å². The number of nitrogens with zero attached hydrogens (tertiary/aromatic N) is 3. The van der Waals surface area contributed by atoms with Crippen molar-refractivity contribution in [3.05, 3.63) is 108 Å². The standard InChI is InChI=1S/C66H88N12O26/c1-27(29-8-4-3-5-9-29)43-59(95)72-34(18-28-12-15-31(16-13-28)100-63-54(92)52(90)55(41(25-82)103-63)104-64-56(51(89)49(87)40(24-81)102-64)99-26-30-14-17-38(98-2)33-11-7-6-10-32(30)33)58(94)76-44(46(84)35-19-70-65(67)74-35)61(97)77-45(60(96)73-36(22-79)57(93)69-21-42(83)75-43)47(85)37-20-71-66(68)78(37)62-53(91)50(88)48(86)39(23-80)101-62/h3-17,27,34-37,39-41,43-56,62-64,79-82,84-92H,18-26H2,1-2H3,(H2,68,71)(H,69,93)(H,72,95)(H,73,96)(H,75,83)(H,76,94)(H,77,97)(H3,67,70,74)/t27?,34-,35?,36+,37?,39-,40-,41-,43+,44+,45-,46?,47?,48-,49-,50+,51+,52-,53+,54+,55-,56+,62+,63+,64-/m1/s1. The maximum Gasteiger partial charge on any atom is 0.246 e. The van der Waals surface area contributed by atoms with Crippen LogP contribution >= 0.6 is 0 Å². The van der Waals surface area contributed by atoms with E-state index in [1.807, 2.05) is 18.2 Å². The highest BCUT2D eigenvalue weighted by Crippen LogP contribution is 2.35. The minimum absolute atomic E-state index is 0.0662. The number of aliphatic hydroxyl groups is 13. The minimum atomic E-state index is -2.35. The van der Waals surface area contributed by atoms with Crippen LogP contribution in [0.5, 0.6) is 11.5 Å². The molecule has 6 amide bonds. The summed E-state index contributed by atoms with van der Waals surface area (Å²) in [5.74, 6) is -8.43. The van der Waals surface area contributed by atoms with Crippen molar-refractivity contribution in [1.29, 1.82) is 0 Å². The van der Waals surface area contributed by atoms with Gasteiger partial charge >= 0.3 is 0 Å². The maximum absolute atomic E-state index is 15.3. The molecule has 0 aromatic heterocycles. The van der Waals surface area contributed by atoms with E-state index >= 15 is 9.59 Å². The summed E-state index contributed by atoms with van der Waals surface area (Å²) in [6.07, 6.45) is -31.1. The van der Waals surface area contributed by atoms with Gasteiger partial charge in [-0.25, -0.2) is 0 Å². The number of rotatable bonds is 21. The first-order chi connectivity index (χ1) is 49.8. The highest BCUT2D eigenvalue weighted by molar-refractivity contribution is 5.99. The molecule has 0 bridgehead atoms. The predicted octanol–water partition coefficient (Wildman–Crippen LogP) is -10.2. The van der Waals surface area contributed by atoms with E-state index in [4.69, 9.17) is 44.6 Å². The average molecular weight is 1470 g/mol. The molecular formula is C66H88N12O26. The molecule has 4 aromatic carbocycles. The third-order valence-electron chi connectivity index (χ3n) is 19.1. The molecule has 6 heterocycles. The van der Waals surface area contributed by atoms with Gasteiger partial charge in [0.15, 0.2) is 24.4 Å². The molecule has 25 atom stereocenters. The van der Waals surface area contributed by atoms with Crippen LogP contribution in [0.4, 0.5) is 0 Å². The summed E-state index contributed by atoms with van der Waals surface area (Å²) in [7, 11) is 1.52. The molecular weight excluding hydrogens is 1380 g/mol. The van der Waals surface area contributed by atoms with E-state index in [-0.39, 0.29) is 30.4 Å². The minimum Gasteiger partial charge on any atom is -0.496 e. The number of carbonyl (C=O) groups excluding carboxylic acids is 6. The second-order valence-corrected chi connectivity index (χ2v) is 25.8. The van der Waals surface area contributed by atoms with Gasteiger partial charge in [0.2, 0.25) is 41.7 Å². The average Bonchev–Trinajstić information content (AvgIpc) is 1.68. The number of nitrogens with one attached hydrogen (secondary N) is 7. The number of hydrogen-bond donors (Lipinski definition) is 22. The van der Waals surface area contributed by atoms with Gasteiger partial charge in [-0.3, -0.25) is 38.8 Å². The molecule has 10 rings (SSSR count). The van der Waals surface area contributed by atoms with Gasteiger partial charge in [0.05, 0.1) is 71.9 Å². The third-order valence-corrected chi connectivity index (χ3v) is 19.1. The summed E-state index contributed by atoms with van der Waals surface area (Å²) in [6.45, 7) is -4.15. The van der Waals surface area contributed by atoms with E-state index in [0.717, 1.165) is 15.7 Å². The van der Waals surface area contributed by atoms with Crippen molar-refractivity contribution in [2.75, 3.05) is 53.2 Å². The molecule has 38 heteroatoms. The number of aliphatic imine (C=N–C) groups is 2. The second-order valence-electron chi connectivity index (χ2n) is 25.8. The van der Waals surface area contributed by atoms with Crippen LogP contribution in [0.1, 0.15) is 29.5 Å². The molecule has 24 N–H and O–H groups in total. The first kappa shape index (κ1) is 78.0. The number of aliphatic hydroxyl groups excluding tert-OH is 13. The van der Waals surface area contributed by atoms with Gasteiger partial charge in [-0.15, -0.1) is 0 Å². The van der Waals surface area contributed by atoms with Crippen LogP contribution < -0.4 is 58.2 Å². The van der Waals surface area contributed by atoms with Crippen LogP contribution in [0.2, 0.25) is 0 Å². The molecule has 38 nitrogen and oxygen atoms in total. The molecule has 5 unspecified atom stereocenters. The lowest BCUT2D eigenvalue weighted by Gasteiger charge is -2.46. The highest BCUT2D eigenvalue weighted by Gasteiger charge is 2.55. The summed E-state index contributed by atoms with van der Waals surface area (Å²) in [5, 5.41) is 163. The second kappa shape index (κ2) is 34.5. The van der Waals surface area contributed by atoms with Crippen molar-refractivity contribution in [2.45, 2.75) is 172 Å². The predicted molar refractivity (Wildman–Crippen MR) is 356 cm³/mol. The van der Waals surface area contributed by atoms with E-state index in [1.165, 1.54) is 31.4 Å². The Kier molecular flexibility index (Phi) is 25.9. The van der Waals surface area contributed by atoms with Crippen LogP contribution in [0.15, 0.2) is 101 Å². The van der Waals surface area contributed by atoms with Gasteiger partial charge in [0.1, 0.15) is 127 Å². The van der Waals surface area contributed by atoms with Gasteiger partial charge in [0.25, 0.3) is 0 Å². The fraction of sp³-hybridized carbons (Fsp3) is 0.545. The Morgan fingerprint density at radius 1 is 0.567 bits per heavy atom. The summed E-state index contributed by atoms with van der Waals surface area (Å²) < 4.78 is 41.4. The lowest BCUT2D eigenvalue weighted by atomic mass is 9.92. The molecule has 4 aromatic rings. The number of carbonyl (C=O) groups is 6. The van der Waals surface area contributed by atoms with Crippen molar-refractivity contribution >= 4 is 58.1 Å². The zero-order valence-electron chi connectivity index (χ0n) is 56.1. The summed E-state index contributed by atoms with van der Waals surface area (Å²) in [5.41, 5.74) is 13.5. The highest BCUT2D eigenvalue weighted by atomic mass is 16.7. The van der Waals surface area contributed by atoms with Crippen molar-refractivity contribution < 1.29 is 128 Å². The van der Waals surface area contributed by atoms with Crippen LogP contribution in [0, 0.1) is 0 Å². The molecule has 0 spiro atoms. The number of amides is 6. The van der Waals surface area contributed by atoms with Gasteiger partial charge in [-0.1, -0.05) is 79.7 Å². The number of fused-ring (bicyclic) bond motifs is 1. The Balaban J connectivity index is 0.920. The molecule has 4 saturated heterocycles. The Bertz CT molecular complexity index is 3700. The largest absolute Gasteiger partial charge is 0.496 e. The van der Waals surface area contributed by atoms with E-state index in [1.54, 1.807) is 55.5 Å². The van der Waals surface area contributed by atoms with Crippen molar-refractivity contribution in [3.8, 4) is 11.5 Å². The maximum atomic E-state index is 15.3. The first-order valence-electron chi connectivity index (χ1n) is 33.4. The Morgan fingerprint density at radius 3 is 1.84 bits per heavy atom. The Hall–Kier alpha value is -8.62. The van der Waals surface area contributed by atoms with Crippen LogP contribution in [-0.2, 0) is 65.5 Å². The summed E-state index contributed by atoms with van der Waals surface area (Å²) >= 11 is 0. The number of hydrogen-bond acceptors (Lipinski definition) is 32. The zero-order valence-corrected chi connectivity index (χ0v) is 56.1. The number of nitrogens with two attached hydrogens (primary N) is 2. The lowest BCUT2D eigenvalue weighted by Crippen LogP contribution is -2.70. The molecule has 104 heavy (non-hydrogen) atoms. The van der Waals surface area contributed by atoms with Gasteiger partial charge in [0, 0.05) is 17.7 Å². The molecule has 6 aliphatic rings. The number of guanidine groups is 2. The quantitative estimate of drug-likeness (QED) is 0.0368.